The maximum atomic E-state index is 6.57. The van der Waals surface area contributed by atoms with Crippen molar-refractivity contribution in [3.05, 3.63) is 158 Å². The summed E-state index contributed by atoms with van der Waals surface area (Å²) in [6, 6.07) is 55.5. The molecule has 0 radical (unpaired) electrons. The van der Waals surface area contributed by atoms with Crippen molar-refractivity contribution < 1.29 is 8.83 Å². The average molecular weight is 659 g/mol. The molecule has 0 N–H and O–H groups in total. The summed E-state index contributed by atoms with van der Waals surface area (Å²) < 4.78 is 15.5. The van der Waals surface area contributed by atoms with Crippen LogP contribution in [-0.4, -0.2) is 4.98 Å². The summed E-state index contributed by atoms with van der Waals surface area (Å²) in [5.74, 6) is 0.586. The Balaban J connectivity index is 1.07. The molecule has 4 nitrogen and oxygen atoms in total. The van der Waals surface area contributed by atoms with Gasteiger partial charge in [0.25, 0.3) is 0 Å². The van der Waals surface area contributed by atoms with Gasteiger partial charge in [-0.15, -0.1) is 11.3 Å². The Morgan fingerprint density at radius 2 is 1.20 bits per heavy atom. The minimum absolute atomic E-state index is 0.586. The molecule has 0 saturated carbocycles. The van der Waals surface area contributed by atoms with E-state index in [1.165, 1.54) is 30.9 Å². The number of benzene rings is 8. The number of oxazole rings is 1. The normalized spacial score (nSPS) is 12.0. The van der Waals surface area contributed by atoms with Crippen LogP contribution in [0.4, 0.5) is 17.1 Å². The number of nitrogens with zero attached hydrogens (tertiary/aromatic N) is 2. The van der Waals surface area contributed by atoms with Crippen molar-refractivity contribution in [1.29, 1.82) is 0 Å². The summed E-state index contributed by atoms with van der Waals surface area (Å²) in [4.78, 5) is 7.24. The first-order valence-electron chi connectivity index (χ1n) is 16.7. The molecule has 0 bridgehead atoms. The van der Waals surface area contributed by atoms with Crippen LogP contribution in [0.3, 0.4) is 0 Å². The van der Waals surface area contributed by atoms with Gasteiger partial charge in [-0.25, -0.2) is 4.98 Å². The number of hydrogen-bond acceptors (Lipinski definition) is 5. The monoisotopic (exact) mass is 658 g/mol. The van der Waals surface area contributed by atoms with Crippen molar-refractivity contribution in [2.45, 2.75) is 0 Å². The number of hydrogen-bond donors (Lipinski definition) is 0. The van der Waals surface area contributed by atoms with Crippen LogP contribution in [-0.2, 0) is 0 Å². The molecular formula is C45H26N2O2S. The number of thiophene rings is 1. The fourth-order valence-electron chi connectivity index (χ4n) is 7.52. The summed E-state index contributed by atoms with van der Waals surface area (Å²) in [7, 11) is 0. The minimum atomic E-state index is 0.586. The second-order valence-electron chi connectivity index (χ2n) is 12.8. The largest absolute Gasteiger partial charge is 0.456 e. The Labute approximate surface area is 290 Å². The summed E-state index contributed by atoms with van der Waals surface area (Å²) >= 11 is 1.86. The molecule has 8 aromatic carbocycles. The lowest BCUT2D eigenvalue weighted by Crippen LogP contribution is -2.09. The highest BCUT2D eigenvalue weighted by Crippen LogP contribution is 2.44. The average Bonchev–Trinajstić information content (AvgIpc) is 3.87. The van der Waals surface area contributed by atoms with E-state index in [0.717, 1.165) is 66.4 Å². The number of para-hydroxylation sites is 1. The van der Waals surface area contributed by atoms with Gasteiger partial charge in [0.15, 0.2) is 5.58 Å². The highest BCUT2D eigenvalue weighted by molar-refractivity contribution is 7.26. The van der Waals surface area contributed by atoms with Crippen molar-refractivity contribution in [2.24, 2.45) is 0 Å². The van der Waals surface area contributed by atoms with E-state index in [4.69, 9.17) is 13.8 Å². The lowest BCUT2D eigenvalue weighted by atomic mass is 10.0. The predicted octanol–water partition coefficient (Wildman–Crippen LogP) is 13.5. The third-order valence-corrected chi connectivity index (χ3v) is 11.0. The van der Waals surface area contributed by atoms with Crippen molar-refractivity contribution in [2.75, 3.05) is 4.90 Å². The van der Waals surface area contributed by atoms with E-state index in [-0.39, 0.29) is 0 Å². The fourth-order valence-corrected chi connectivity index (χ4v) is 8.79. The summed E-state index contributed by atoms with van der Waals surface area (Å²) in [5.41, 5.74) is 7.32. The van der Waals surface area contributed by atoms with Crippen LogP contribution in [0.5, 0.6) is 0 Å². The van der Waals surface area contributed by atoms with E-state index < -0.39 is 0 Å². The molecule has 11 rings (SSSR count). The zero-order chi connectivity index (χ0) is 32.8. The zero-order valence-electron chi connectivity index (χ0n) is 26.6. The van der Waals surface area contributed by atoms with Crippen LogP contribution in [0.1, 0.15) is 0 Å². The smallest absolute Gasteiger partial charge is 0.228 e. The molecule has 0 amide bonds. The van der Waals surface area contributed by atoms with Crippen molar-refractivity contribution in [3.63, 3.8) is 0 Å². The Morgan fingerprint density at radius 3 is 2.08 bits per heavy atom. The number of furan rings is 1. The van der Waals surface area contributed by atoms with Gasteiger partial charge in [-0.2, -0.15) is 0 Å². The third-order valence-electron chi connectivity index (χ3n) is 9.84. The standard InChI is InChI=1S/C45H26N2O2S/c1-2-12-30(13-3-1)47(32-18-21-34-35-20-17-27-9-6-7-14-33(27)44(35)50-42(34)26-32)31-19-22-36-40(25-31)48-39-16-8-15-37(43(36)39)45-46-38-23-28-10-4-5-11-29(28)24-41(38)49-45/h1-26H. The fraction of sp³-hybridized carbons (Fsp3) is 0. The first kappa shape index (κ1) is 27.5. The van der Waals surface area contributed by atoms with Crippen LogP contribution in [0.15, 0.2) is 167 Å². The second-order valence-corrected chi connectivity index (χ2v) is 13.8. The second kappa shape index (κ2) is 10.5. The van der Waals surface area contributed by atoms with Gasteiger partial charge in [0.1, 0.15) is 16.7 Å². The molecule has 3 aromatic heterocycles. The van der Waals surface area contributed by atoms with Gasteiger partial charge in [0, 0.05) is 59.6 Å². The minimum Gasteiger partial charge on any atom is -0.456 e. The first-order chi connectivity index (χ1) is 24.7. The molecule has 0 spiro atoms. The molecular weight excluding hydrogens is 633 g/mol. The van der Waals surface area contributed by atoms with Crippen LogP contribution in [0.2, 0.25) is 0 Å². The highest BCUT2D eigenvalue weighted by Gasteiger charge is 2.20. The van der Waals surface area contributed by atoms with E-state index in [9.17, 15) is 0 Å². The lowest BCUT2D eigenvalue weighted by molar-refractivity contribution is 0.620. The first-order valence-corrected chi connectivity index (χ1v) is 17.5. The summed E-state index contributed by atoms with van der Waals surface area (Å²) in [5, 5.41) is 9.43. The number of rotatable bonds is 4. The maximum Gasteiger partial charge on any atom is 0.228 e. The maximum absolute atomic E-state index is 6.57. The molecule has 0 aliphatic rings. The Kier molecular flexibility index (Phi) is 5.80. The van der Waals surface area contributed by atoms with Crippen LogP contribution in [0.25, 0.3) is 86.2 Å². The van der Waals surface area contributed by atoms with Crippen molar-refractivity contribution in [1.82, 2.24) is 4.98 Å². The predicted molar refractivity (Wildman–Crippen MR) is 209 cm³/mol. The molecule has 11 aromatic rings. The molecule has 0 unspecified atom stereocenters. The summed E-state index contributed by atoms with van der Waals surface area (Å²) in [6.45, 7) is 0. The number of aromatic nitrogens is 1. The van der Waals surface area contributed by atoms with Gasteiger partial charge in [0.2, 0.25) is 5.89 Å². The van der Waals surface area contributed by atoms with Gasteiger partial charge in [-0.05, 0) is 82.2 Å². The molecule has 0 aliphatic carbocycles. The topological polar surface area (TPSA) is 42.4 Å². The Hall–Kier alpha value is -6.43. The van der Waals surface area contributed by atoms with Gasteiger partial charge in [-0.3, -0.25) is 0 Å². The van der Waals surface area contributed by atoms with Gasteiger partial charge in [-0.1, -0.05) is 91.0 Å². The van der Waals surface area contributed by atoms with E-state index in [0.29, 0.717) is 5.89 Å². The number of anilines is 3. The highest BCUT2D eigenvalue weighted by atomic mass is 32.1. The SMILES string of the molecule is c1ccc(N(c2ccc3c(c2)oc2cccc(-c4nc5cc6ccccc6cc5o4)c23)c2ccc3c(c2)sc2c4ccccc4ccc32)cc1. The van der Waals surface area contributed by atoms with Crippen LogP contribution < -0.4 is 4.90 Å². The van der Waals surface area contributed by atoms with E-state index in [1.807, 2.05) is 35.6 Å². The van der Waals surface area contributed by atoms with E-state index in [2.05, 4.69) is 138 Å². The molecule has 0 atom stereocenters. The molecule has 50 heavy (non-hydrogen) atoms. The molecule has 3 heterocycles. The number of fused-ring (bicyclic) bond motifs is 10. The van der Waals surface area contributed by atoms with Gasteiger partial charge < -0.3 is 13.7 Å². The van der Waals surface area contributed by atoms with Crippen LogP contribution in [0, 0.1) is 0 Å². The molecule has 0 fully saturated rings. The zero-order valence-corrected chi connectivity index (χ0v) is 27.4. The van der Waals surface area contributed by atoms with Crippen LogP contribution >= 0.6 is 11.3 Å². The quantitative estimate of drug-likeness (QED) is 0.189. The van der Waals surface area contributed by atoms with Crippen molar-refractivity contribution >= 4 is 103 Å². The van der Waals surface area contributed by atoms with Crippen molar-refractivity contribution in [3.8, 4) is 11.5 Å². The van der Waals surface area contributed by atoms with E-state index >= 15 is 0 Å². The summed E-state index contributed by atoms with van der Waals surface area (Å²) in [6.07, 6.45) is 0. The molecule has 0 saturated heterocycles. The van der Waals surface area contributed by atoms with E-state index in [1.54, 1.807) is 0 Å². The molecule has 234 valence electrons. The Bertz CT molecular complexity index is 3060. The lowest BCUT2D eigenvalue weighted by Gasteiger charge is -2.25. The molecule has 5 heteroatoms. The van der Waals surface area contributed by atoms with Gasteiger partial charge >= 0.3 is 0 Å². The third kappa shape index (κ3) is 4.14. The molecule has 0 aliphatic heterocycles. The van der Waals surface area contributed by atoms with Gasteiger partial charge in [0.05, 0.1) is 0 Å². The Morgan fingerprint density at radius 1 is 0.460 bits per heavy atom.